The zero-order valence-electron chi connectivity index (χ0n) is 20.3. The van der Waals surface area contributed by atoms with Gasteiger partial charge >= 0.3 is 12.1 Å². The van der Waals surface area contributed by atoms with Crippen molar-refractivity contribution >= 4 is 46.6 Å². The fourth-order valence-electron chi connectivity index (χ4n) is 3.36. The Morgan fingerprint density at radius 3 is 1.45 bits per heavy atom. The number of anilines is 2. The second-order valence-corrected chi connectivity index (χ2v) is 9.16. The zero-order valence-corrected chi connectivity index (χ0v) is 21.8. The van der Waals surface area contributed by atoms with Crippen molar-refractivity contribution in [3.05, 3.63) is 82.4 Å². The van der Waals surface area contributed by atoms with E-state index in [0.29, 0.717) is 45.9 Å². The molecule has 2 aromatic heterocycles. The van der Waals surface area contributed by atoms with Crippen molar-refractivity contribution in [1.29, 1.82) is 0 Å². The third-order valence-electron chi connectivity index (χ3n) is 5.26. The van der Waals surface area contributed by atoms with Crippen LogP contribution in [0.2, 0.25) is 10.0 Å². The van der Waals surface area contributed by atoms with Crippen molar-refractivity contribution < 1.29 is 9.59 Å². The maximum Gasteiger partial charge on any atom is 0.319 e. The minimum Gasteiger partial charge on any atom is -0.332 e. The summed E-state index contributed by atoms with van der Waals surface area (Å²) >= 11 is 11.7. The van der Waals surface area contributed by atoms with Crippen LogP contribution in [0, 0.1) is 0 Å². The van der Waals surface area contributed by atoms with Crippen LogP contribution in [0.25, 0.3) is 0 Å². The van der Waals surface area contributed by atoms with Crippen molar-refractivity contribution in [3.63, 3.8) is 0 Å². The van der Waals surface area contributed by atoms with E-state index in [1.807, 2.05) is 0 Å². The number of carbonyl (C=O) groups excluding carboxylic acids is 2. The topological polar surface area (TPSA) is 144 Å². The van der Waals surface area contributed by atoms with Crippen LogP contribution < -0.4 is 21.3 Å². The summed E-state index contributed by atoms with van der Waals surface area (Å²) in [6.07, 6.45) is 5.31. The molecule has 0 unspecified atom stereocenters. The van der Waals surface area contributed by atoms with Crippen molar-refractivity contribution in [2.24, 2.45) is 0 Å². The van der Waals surface area contributed by atoms with Gasteiger partial charge in [0, 0.05) is 34.5 Å². The fraction of sp³-hybridized carbons (Fsp3) is 0.250. The average molecular weight is 557 g/mol. The monoisotopic (exact) mass is 556 g/mol. The number of unbranched alkanes of at least 4 members (excludes halogenated alkanes) is 1. The lowest BCUT2D eigenvalue weighted by molar-refractivity contribution is 0.251. The molecule has 4 aromatic rings. The SMILES string of the molecule is O=C(NCc1cn(CCCCn2cc(CNC(=O)Nc3ccc(Cl)cc3)nn2)nn1)Nc1ccc(Cl)cc1. The summed E-state index contributed by atoms with van der Waals surface area (Å²) in [5.74, 6) is 0. The highest BCUT2D eigenvalue weighted by molar-refractivity contribution is 6.30. The van der Waals surface area contributed by atoms with E-state index in [2.05, 4.69) is 41.9 Å². The van der Waals surface area contributed by atoms with Gasteiger partial charge in [-0.2, -0.15) is 0 Å². The van der Waals surface area contributed by atoms with E-state index >= 15 is 0 Å². The van der Waals surface area contributed by atoms with Gasteiger partial charge in [0.1, 0.15) is 11.4 Å². The largest absolute Gasteiger partial charge is 0.332 e. The lowest BCUT2D eigenvalue weighted by Crippen LogP contribution is -2.28. The van der Waals surface area contributed by atoms with Gasteiger partial charge in [0.15, 0.2) is 0 Å². The minimum atomic E-state index is -0.341. The second kappa shape index (κ2) is 13.4. The molecular formula is C24H26Cl2N10O2. The summed E-state index contributed by atoms with van der Waals surface area (Å²) in [5, 5.41) is 28.5. The van der Waals surface area contributed by atoms with Gasteiger partial charge < -0.3 is 21.3 Å². The fourth-order valence-corrected chi connectivity index (χ4v) is 3.62. The average Bonchev–Trinajstić information content (AvgIpc) is 3.56. The van der Waals surface area contributed by atoms with Crippen LogP contribution in [0.4, 0.5) is 21.0 Å². The van der Waals surface area contributed by atoms with Gasteiger partial charge in [-0.25, -0.2) is 9.59 Å². The number of nitrogens with zero attached hydrogens (tertiary/aromatic N) is 6. The van der Waals surface area contributed by atoms with Crippen molar-refractivity contribution in [2.45, 2.75) is 39.0 Å². The summed E-state index contributed by atoms with van der Waals surface area (Å²) in [5.41, 5.74) is 2.60. The first-order valence-corrected chi connectivity index (χ1v) is 12.6. The zero-order chi connectivity index (χ0) is 26.7. The maximum atomic E-state index is 12.0. The standard InChI is InChI=1S/C24H26Cl2N10O2/c25-17-3-7-19(8-4-17)29-23(37)27-13-21-15-35(33-31-21)11-1-2-12-36-16-22(32-34-36)14-28-24(38)30-20-9-5-18(26)6-10-20/h3-10,15-16H,1-2,11-14H2,(H2,27,29,37)(H2,28,30,38). The van der Waals surface area contributed by atoms with E-state index < -0.39 is 0 Å². The molecule has 0 aliphatic heterocycles. The summed E-state index contributed by atoms with van der Waals surface area (Å²) in [4.78, 5) is 24.1. The van der Waals surface area contributed by atoms with E-state index in [1.165, 1.54) is 0 Å². The molecule has 0 aliphatic carbocycles. The van der Waals surface area contributed by atoms with E-state index in [9.17, 15) is 9.59 Å². The number of aromatic nitrogens is 6. The van der Waals surface area contributed by atoms with E-state index in [1.54, 1.807) is 70.3 Å². The molecule has 0 spiro atoms. The van der Waals surface area contributed by atoms with Crippen LogP contribution in [0.1, 0.15) is 24.2 Å². The summed E-state index contributed by atoms with van der Waals surface area (Å²) in [7, 11) is 0. The lowest BCUT2D eigenvalue weighted by atomic mass is 10.3. The number of aryl methyl sites for hydroxylation is 2. The molecule has 4 rings (SSSR count). The van der Waals surface area contributed by atoms with Gasteiger partial charge in [0.2, 0.25) is 0 Å². The number of rotatable bonds is 11. The molecule has 0 atom stereocenters. The Bertz CT molecular complexity index is 1240. The van der Waals surface area contributed by atoms with Gasteiger partial charge in [0.05, 0.1) is 25.5 Å². The molecule has 0 radical (unpaired) electrons. The molecule has 0 saturated heterocycles. The van der Waals surface area contributed by atoms with Crippen LogP contribution in [-0.4, -0.2) is 42.0 Å². The van der Waals surface area contributed by atoms with Gasteiger partial charge in [-0.3, -0.25) is 9.36 Å². The Hall–Kier alpha value is -4.16. The molecule has 38 heavy (non-hydrogen) atoms. The molecule has 4 amide bonds. The quantitative estimate of drug-likeness (QED) is 0.203. The third kappa shape index (κ3) is 8.75. The molecule has 0 aliphatic rings. The van der Waals surface area contributed by atoms with E-state index in [0.717, 1.165) is 12.8 Å². The Morgan fingerprint density at radius 1 is 0.658 bits per heavy atom. The number of benzene rings is 2. The Morgan fingerprint density at radius 2 is 1.05 bits per heavy atom. The molecule has 0 fully saturated rings. The number of hydrogen-bond donors (Lipinski definition) is 4. The molecule has 0 saturated carbocycles. The first-order chi connectivity index (χ1) is 18.4. The van der Waals surface area contributed by atoms with Crippen molar-refractivity contribution in [1.82, 2.24) is 40.6 Å². The van der Waals surface area contributed by atoms with Crippen LogP contribution in [0.5, 0.6) is 0 Å². The third-order valence-corrected chi connectivity index (χ3v) is 5.76. The first-order valence-electron chi connectivity index (χ1n) is 11.8. The van der Waals surface area contributed by atoms with Crippen LogP contribution in [-0.2, 0) is 26.2 Å². The van der Waals surface area contributed by atoms with Gasteiger partial charge in [0.25, 0.3) is 0 Å². The number of urea groups is 2. The van der Waals surface area contributed by atoms with Crippen LogP contribution >= 0.6 is 23.2 Å². The highest BCUT2D eigenvalue weighted by Crippen LogP contribution is 2.14. The maximum absolute atomic E-state index is 12.0. The predicted molar refractivity (Wildman–Crippen MR) is 144 cm³/mol. The molecule has 2 aromatic carbocycles. The van der Waals surface area contributed by atoms with E-state index in [4.69, 9.17) is 23.2 Å². The van der Waals surface area contributed by atoms with Crippen molar-refractivity contribution in [2.75, 3.05) is 10.6 Å². The van der Waals surface area contributed by atoms with Crippen LogP contribution in [0.15, 0.2) is 60.9 Å². The molecule has 198 valence electrons. The van der Waals surface area contributed by atoms with Crippen molar-refractivity contribution in [3.8, 4) is 0 Å². The molecule has 2 heterocycles. The number of carbonyl (C=O) groups is 2. The van der Waals surface area contributed by atoms with Crippen LogP contribution in [0.3, 0.4) is 0 Å². The van der Waals surface area contributed by atoms with E-state index in [-0.39, 0.29) is 25.2 Å². The van der Waals surface area contributed by atoms with Gasteiger partial charge in [-0.1, -0.05) is 33.6 Å². The Labute approximate surface area is 228 Å². The summed E-state index contributed by atoms with van der Waals surface area (Å²) < 4.78 is 3.48. The molecule has 0 bridgehead atoms. The summed E-state index contributed by atoms with van der Waals surface area (Å²) in [6, 6.07) is 13.0. The normalized spacial score (nSPS) is 10.7. The second-order valence-electron chi connectivity index (χ2n) is 8.28. The number of nitrogens with one attached hydrogen (secondary N) is 4. The first kappa shape index (κ1) is 26.9. The molecular weight excluding hydrogens is 531 g/mol. The number of halogens is 2. The predicted octanol–water partition coefficient (Wildman–Crippen LogP) is 4.30. The van der Waals surface area contributed by atoms with Gasteiger partial charge in [-0.05, 0) is 61.4 Å². The molecule has 12 nitrogen and oxygen atoms in total. The highest BCUT2D eigenvalue weighted by atomic mass is 35.5. The number of hydrogen-bond acceptors (Lipinski definition) is 6. The minimum absolute atomic E-state index is 0.257. The molecule has 4 N–H and O–H groups in total. The molecule has 14 heteroatoms. The smallest absolute Gasteiger partial charge is 0.319 e. The lowest BCUT2D eigenvalue weighted by Gasteiger charge is -2.06. The van der Waals surface area contributed by atoms with Gasteiger partial charge in [-0.15, -0.1) is 10.2 Å². The highest BCUT2D eigenvalue weighted by Gasteiger charge is 2.07. The Balaban J connectivity index is 1.10. The number of amides is 4. The summed E-state index contributed by atoms with van der Waals surface area (Å²) in [6.45, 7) is 1.87. The Kier molecular flexibility index (Phi) is 9.48.